The first-order valence-electron chi connectivity index (χ1n) is 25.0. The molecule has 0 atom stereocenters. The van der Waals surface area contributed by atoms with E-state index < -0.39 is 21.7 Å². The molecule has 6 aromatic carbocycles. The van der Waals surface area contributed by atoms with Crippen molar-refractivity contribution in [2.24, 2.45) is 10.8 Å². The number of H-pyrrole nitrogens is 1. The number of nitrogens with zero attached hydrogens (tertiary/aromatic N) is 8. The molecule has 0 aliphatic rings. The Morgan fingerprint density at radius 3 is 1.36 bits per heavy atom. The molecule has 0 fully saturated rings. The normalized spacial score (nSPS) is 13.1. The second-order valence-electron chi connectivity index (χ2n) is 24.7. The molecule has 12 nitrogen and oxygen atoms in total. The Morgan fingerprint density at radius 1 is 0.507 bits per heavy atom. The van der Waals surface area contributed by atoms with Crippen molar-refractivity contribution in [1.29, 1.82) is 0 Å². The molecule has 13 heteroatoms. The molecule has 0 aliphatic heterocycles. The van der Waals surface area contributed by atoms with E-state index in [4.69, 9.17) is 37.1 Å². The maximum absolute atomic E-state index is 13.7. The Hall–Kier alpha value is -7.05. The second kappa shape index (κ2) is 17.9. The lowest BCUT2D eigenvalue weighted by atomic mass is 9.62. The fourth-order valence-corrected chi connectivity index (χ4v) is 11.7. The molecule has 4 N–H and O–H groups in total. The van der Waals surface area contributed by atoms with Crippen LogP contribution in [-0.2, 0) is 21.7 Å². The Bertz CT molecular complexity index is 3330. The third-order valence-corrected chi connectivity index (χ3v) is 14.3. The summed E-state index contributed by atoms with van der Waals surface area (Å²) in [5.74, 6) is -0.279. The van der Waals surface area contributed by atoms with Gasteiger partial charge in [-0.2, -0.15) is 15.4 Å². The Morgan fingerprint density at radius 2 is 0.959 bits per heavy atom. The molecule has 0 saturated carbocycles. The van der Waals surface area contributed by atoms with E-state index in [1.807, 2.05) is 104 Å². The van der Waals surface area contributed by atoms with Crippen LogP contribution in [0.1, 0.15) is 147 Å². The topological polar surface area (TPSA) is 164 Å². The van der Waals surface area contributed by atoms with Crippen molar-refractivity contribution >= 4 is 33.7 Å². The van der Waals surface area contributed by atoms with Gasteiger partial charge in [-0.3, -0.25) is 0 Å². The summed E-state index contributed by atoms with van der Waals surface area (Å²) in [6.07, 6.45) is 3.11. The van der Waals surface area contributed by atoms with Crippen LogP contribution in [0.15, 0.2) is 109 Å². The smallest absolute Gasteiger partial charge is 0.147 e. The van der Waals surface area contributed by atoms with Crippen LogP contribution in [0, 0.1) is 17.8 Å². The van der Waals surface area contributed by atoms with E-state index in [-0.39, 0.29) is 28.1 Å². The lowest BCUT2D eigenvalue weighted by Crippen LogP contribution is -2.35. The number of rotatable bonds is 11. The molecule has 73 heavy (non-hydrogen) atoms. The minimum absolute atomic E-state index is 0.0885. The molecule has 0 saturated heterocycles. The predicted molar refractivity (Wildman–Crippen MR) is 293 cm³/mol. The molecule has 0 amide bonds. The Labute approximate surface area is 433 Å². The Kier molecular flexibility index (Phi) is 12.4. The van der Waals surface area contributed by atoms with Gasteiger partial charge in [0.05, 0.1) is 11.6 Å². The summed E-state index contributed by atoms with van der Waals surface area (Å²) >= 11 is 7.32. The number of aryl methyl sites for hydroxylation is 1. The third kappa shape index (κ3) is 9.46. The van der Waals surface area contributed by atoms with Crippen molar-refractivity contribution in [2.45, 2.75) is 131 Å². The second-order valence-corrected chi connectivity index (χ2v) is 25.2. The number of phenolic OH excluding ortho intramolecular Hbond substituents is 3. The third-order valence-electron chi connectivity index (χ3n) is 14.0. The largest absolute Gasteiger partial charge is 0.507 e. The SMILES string of the molecule is Cc1cc(-c2ccc(Cl)cc2C(c2cn[nH]n2)(c2cc(C(C)(C)CC(C)(C)C)cc(-n3nc4ccccc4n3)c2O)c2cc(C(C)(C)CC(C)(C)C)cc(-n3nc4ccccc4n3)c2O)c(O)c(C(C)(C)C)c1. The van der Waals surface area contributed by atoms with Gasteiger partial charge in [0.1, 0.15) is 56.4 Å². The van der Waals surface area contributed by atoms with Gasteiger partial charge in [-0.1, -0.05) is 138 Å². The number of benzene rings is 6. The van der Waals surface area contributed by atoms with Crippen LogP contribution < -0.4 is 0 Å². The van der Waals surface area contributed by atoms with Crippen molar-refractivity contribution in [3.8, 4) is 39.8 Å². The number of hydrogen-bond donors (Lipinski definition) is 4. The van der Waals surface area contributed by atoms with Gasteiger partial charge in [0, 0.05) is 27.3 Å². The highest BCUT2D eigenvalue weighted by Gasteiger charge is 2.49. The van der Waals surface area contributed by atoms with E-state index in [1.54, 1.807) is 12.3 Å². The van der Waals surface area contributed by atoms with Crippen molar-refractivity contribution in [1.82, 2.24) is 45.4 Å². The van der Waals surface area contributed by atoms with Gasteiger partial charge in [0.15, 0.2) is 0 Å². The maximum Gasteiger partial charge on any atom is 0.147 e. The molecule has 9 aromatic rings. The highest BCUT2D eigenvalue weighted by molar-refractivity contribution is 6.30. The average Bonchev–Trinajstić information content (AvgIpc) is 4.07. The van der Waals surface area contributed by atoms with Crippen LogP contribution in [0.2, 0.25) is 5.02 Å². The molecular formula is C60H68ClN9O3. The van der Waals surface area contributed by atoms with Crippen LogP contribution in [0.3, 0.4) is 0 Å². The summed E-state index contributed by atoms with van der Waals surface area (Å²) < 4.78 is 0. The van der Waals surface area contributed by atoms with Gasteiger partial charge in [-0.15, -0.1) is 30.0 Å². The van der Waals surface area contributed by atoms with E-state index in [2.05, 4.69) is 100 Å². The lowest BCUT2D eigenvalue weighted by molar-refractivity contribution is 0.283. The highest BCUT2D eigenvalue weighted by atomic mass is 35.5. The minimum atomic E-state index is -1.83. The molecule has 0 unspecified atom stereocenters. The number of halogens is 1. The van der Waals surface area contributed by atoms with Crippen molar-refractivity contribution < 1.29 is 15.3 Å². The zero-order chi connectivity index (χ0) is 52.8. The van der Waals surface area contributed by atoms with Crippen LogP contribution >= 0.6 is 11.6 Å². The van der Waals surface area contributed by atoms with Gasteiger partial charge in [-0.25, -0.2) is 0 Å². The Balaban J connectivity index is 1.55. The van der Waals surface area contributed by atoms with E-state index >= 15 is 0 Å². The number of hydrogen-bond acceptors (Lipinski definition) is 9. The lowest BCUT2D eigenvalue weighted by Gasteiger charge is -2.40. The van der Waals surface area contributed by atoms with E-state index in [9.17, 15) is 15.3 Å². The summed E-state index contributed by atoms with van der Waals surface area (Å²) in [6.45, 7) is 30.3. The number of phenols is 3. The van der Waals surface area contributed by atoms with Crippen LogP contribution in [0.25, 0.3) is 44.6 Å². The highest BCUT2D eigenvalue weighted by Crippen LogP contribution is 2.58. The maximum atomic E-state index is 13.7. The molecule has 3 heterocycles. The van der Waals surface area contributed by atoms with Crippen molar-refractivity contribution in [2.75, 3.05) is 0 Å². The summed E-state index contributed by atoms with van der Waals surface area (Å²) in [5, 5.41) is 72.8. The summed E-state index contributed by atoms with van der Waals surface area (Å²) in [7, 11) is 0. The summed E-state index contributed by atoms with van der Waals surface area (Å²) in [5.41, 5.74) is 5.52. The quantitative estimate of drug-likeness (QED) is 0.0924. The number of aromatic nitrogens is 9. The van der Waals surface area contributed by atoms with Crippen LogP contribution in [0.4, 0.5) is 0 Å². The average molecular weight is 999 g/mol. The first-order chi connectivity index (χ1) is 34.1. The molecule has 0 bridgehead atoms. The van der Waals surface area contributed by atoms with E-state index in [0.717, 1.165) is 35.1 Å². The molecule has 378 valence electrons. The summed E-state index contributed by atoms with van der Waals surface area (Å²) in [6, 6.07) is 32.7. The first kappa shape index (κ1) is 50.9. The van der Waals surface area contributed by atoms with E-state index in [0.29, 0.717) is 72.0 Å². The molecular weight excluding hydrogens is 930 g/mol. The van der Waals surface area contributed by atoms with Gasteiger partial charge in [0.25, 0.3) is 0 Å². The molecule has 9 rings (SSSR count). The van der Waals surface area contributed by atoms with Gasteiger partial charge in [-0.05, 0) is 141 Å². The van der Waals surface area contributed by atoms with Crippen molar-refractivity contribution in [3.05, 3.63) is 159 Å². The number of fused-ring (bicyclic) bond motifs is 2. The monoisotopic (exact) mass is 998 g/mol. The number of aromatic hydroxyl groups is 3. The minimum Gasteiger partial charge on any atom is -0.507 e. The van der Waals surface area contributed by atoms with Gasteiger partial charge in [0.2, 0.25) is 0 Å². The zero-order valence-electron chi connectivity index (χ0n) is 44.6. The zero-order valence-corrected chi connectivity index (χ0v) is 45.4. The number of nitrogens with one attached hydrogen (secondary N) is 1. The number of aromatic amines is 1. The van der Waals surface area contributed by atoms with Crippen molar-refractivity contribution in [3.63, 3.8) is 0 Å². The fourth-order valence-electron chi connectivity index (χ4n) is 11.5. The van der Waals surface area contributed by atoms with Gasteiger partial charge < -0.3 is 15.3 Å². The molecule has 0 aliphatic carbocycles. The molecule has 0 spiro atoms. The summed E-state index contributed by atoms with van der Waals surface area (Å²) in [4.78, 5) is 2.98. The standard InChI is InChI=1S/C60H68ClN9O3/c1-35-25-40(52(71)42(26-35)57(8,9)10)39-24-23-38(61)31-41(39)60(51-32-62-68-63-51,43-27-36(58(11,12)33-55(2,3)4)29-49(53(43)72)69-64-45-19-15-16-20-46(45)65-69)44-28-37(59(13,14)34-56(5,6)7)30-50(54(44)73)70-66-47-21-17-18-22-48(47)67-70/h15-32,71-73H,33-34H2,1-14H3,(H,62,63,68). The van der Waals surface area contributed by atoms with Crippen LogP contribution in [-0.4, -0.2) is 60.7 Å². The molecule has 0 radical (unpaired) electrons. The fraction of sp³-hybridized carbons (Fsp3) is 0.367. The van der Waals surface area contributed by atoms with Crippen LogP contribution in [0.5, 0.6) is 17.2 Å². The predicted octanol–water partition coefficient (Wildman–Crippen LogP) is 14.1. The van der Waals surface area contributed by atoms with Gasteiger partial charge >= 0.3 is 0 Å². The van der Waals surface area contributed by atoms with E-state index in [1.165, 1.54) is 9.59 Å². The molecule has 3 aromatic heterocycles. The first-order valence-corrected chi connectivity index (χ1v) is 25.4.